The molecule has 0 aliphatic heterocycles. The molecule has 0 fully saturated rings. The van der Waals surface area contributed by atoms with Gasteiger partial charge in [-0.25, -0.2) is 5.10 Å². The first-order chi connectivity index (χ1) is 7.22. The number of unbranched alkanes of at least 4 members (excludes halogenated alkanes) is 1. The third-order valence-electron chi connectivity index (χ3n) is 1.89. The lowest BCUT2D eigenvalue weighted by Crippen LogP contribution is -2.21. The normalized spacial score (nSPS) is 12.3. The van der Waals surface area contributed by atoms with Crippen molar-refractivity contribution in [2.75, 3.05) is 17.6 Å². The summed E-state index contributed by atoms with van der Waals surface area (Å²) in [5.74, 6) is 0.772. The lowest BCUT2D eigenvalue weighted by Gasteiger charge is -2.03. The number of rotatable bonds is 7. The van der Waals surface area contributed by atoms with Crippen LogP contribution in [0.1, 0.15) is 19.3 Å². The second-order valence-corrected chi connectivity index (χ2v) is 3.19. The first-order valence-electron chi connectivity index (χ1n) is 4.77. The van der Waals surface area contributed by atoms with Crippen molar-refractivity contribution in [1.29, 1.82) is 0 Å². The van der Waals surface area contributed by atoms with E-state index in [1.54, 1.807) is 6.29 Å². The third-order valence-corrected chi connectivity index (χ3v) is 1.89. The number of hydrogen-bond donors (Lipinski definition) is 4. The van der Waals surface area contributed by atoms with Gasteiger partial charge in [0.25, 0.3) is 0 Å². The summed E-state index contributed by atoms with van der Waals surface area (Å²) >= 11 is 0. The SMILES string of the molecule is Nc1n[nH]c(NCCCC[C@@H](N)[C]=O)n1. The lowest BCUT2D eigenvalue weighted by atomic mass is 10.1. The van der Waals surface area contributed by atoms with E-state index in [-0.39, 0.29) is 5.95 Å². The van der Waals surface area contributed by atoms with Crippen LogP contribution < -0.4 is 16.8 Å². The Morgan fingerprint density at radius 2 is 2.33 bits per heavy atom. The van der Waals surface area contributed by atoms with E-state index < -0.39 is 6.04 Å². The minimum absolute atomic E-state index is 0.218. The van der Waals surface area contributed by atoms with E-state index in [1.807, 2.05) is 0 Å². The number of nitrogens with two attached hydrogens (primary N) is 2. The van der Waals surface area contributed by atoms with Crippen LogP contribution in [-0.2, 0) is 4.79 Å². The molecule has 0 saturated heterocycles. The zero-order chi connectivity index (χ0) is 11.1. The van der Waals surface area contributed by atoms with Crippen molar-refractivity contribution in [3.63, 3.8) is 0 Å². The van der Waals surface area contributed by atoms with Crippen LogP contribution in [-0.4, -0.2) is 34.1 Å². The Morgan fingerprint density at radius 3 is 2.93 bits per heavy atom. The van der Waals surface area contributed by atoms with Crippen molar-refractivity contribution in [2.24, 2.45) is 5.73 Å². The lowest BCUT2D eigenvalue weighted by molar-refractivity contribution is 0.530. The molecule has 1 radical (unpaired) electrons. The summed E-state index contributed by atoms with van der Waals surface area (Å²) in [5, 5.41) is 9.31. The molecule has 0 unspecified atom stereocenters. The number of aromatic amines is 1. The number of nitrogens with zero attached hydrogens (tertiary/aromatic N) is 2. The maximum atomic E-state index is 10.1. The summed E-state index contributed by atoms with van der Waals surface area (Å²) in [4.78, 5) is 14.0. The van der Waals surface area contributed by atoms with Gasteiger partial charge in [0.15, 0.2) is 0 Å². The Bertz CT molecular complexity index is 299. The number of H-pyrrole nitrogens is 1. The molecule has 1 aromatic rings. The highest BCUT2D eigenvalue weighted by atomic mass is 16.1. The van der Waals surface area contributed by atoms with E-state index in [0.717, 1.165) is 19.4 Å². The molecule has 0 aromatic carbocycles. The molecule has 83 valence electrons. The van der Waals surface area contributed by atoms with Gasteiger partial charge in [-0.3, -0.25) is 4.79 Å². The van der Waals surface area contributed by atoms with Gasteiger partial charge in [-0.05, 0) is 19.3 Å². The summed E-state index contributed by atoms with van der Waals surface area (Å²) in [6.45, 7) is 0.736. The Morgan fingerprint density at radius 1 is 1.53 bits per heavy atom. The quantitative estimate of drug-likeness (QED) is 0.447. The van der Waals surface area contributed by atoms with E-state index in [9.17, 15) is 4.79 Å². The Kier molecular flexibility index (Phi) is 4.55. The minimum Gasteiger partial charge on any atom is -0.366 e. The highest BCUT2D eigenvalue weighted by Crippen LogP contribution is 2.01. The second-order valence-electron chi connectivity index (χ2n) is 3.19. The molecule has 0 amide bonds. The van der Waals surface area contributed by atoms with Crippen LogP contribution in [0.2, 0.25) is 0 Å². The van der Waals surface area contributed by atoms with E-state index >= 15 is 0 Å². The zero-order valence-corrected chi connectivity index (χ0v) is 8.36. The average molecular weight is 211 g/mol. The number of aromatic nitrogens is 3. The predicted molar refractivity (Wildman–Crippen MR) is 56.8 cm³/mol. The molecule has 15 heavy (non-hydrogen) atoms. The maximum Gasteiger partial charge on any atom is 0.241 e. The molecular weight excluding hydrogens is 196 g/mol. The molecule has 7 nitrogen and oxygen atoms in total. The average Bonchev–Trinajstić information content (AvgIpc) is 2.63. The van der Waals surface area contributed by atoms with Crippen LogP contribution in [0, 0.1) is 0 Å². The van der Waals surface area contributed by atoms with Gasteiger partial charge in [0, 0.05) is 6.54 Å². The van der Waals surface area contributed by atoms with E-state index in [0.29, 0.717) is 12.4 Å². The van der Waals surface area contributed by atoms with Crippen LogP contribution in [0.5, 0.6) is 0 Å². The molecule has 0 bridgehead atoms. The van der Waals surface area contributed by atoms with Crippen molar-refractivity contribution in [3.8, 4) is 0 Å². The van der Waals surface area contributed by atoms with Gasteiger partial charge in [0.2, 0.25) is 18.2 Å². The van der Waals surface area contributed by atoms with Gasteiger partial charge in [0.1, 0.15) is 0 Å². The fraction of sp³-hybridized carbons (Fsp3) is 0.625. The van der Waals surface area contributed by atoms with Crippen LogP contribution in [0.25, 0.3) is 0 Å². The van der Waals surface area contributed by atoms with Crippen LogP contribution in [0.3, 0.4) is 0 Å². The van der Waals surface area contributed by atoms with E-state index in [4.69, 9.17) is 11.5 Å². The number of nitrogens with one attached hydrogen (secondary N) is 2. The summed E-state index contributed by atoms with van der Waals surface area (Å²) in [5.41, 5.74) is 10.7. The number of nitrogen functional groups attached to an aromatic ring is 1. The summed E-state index contributed by atoms with van der Waals surface area (Å²) in [7, 11) is 0. The standard InChI is InChI=1S/C8H15N6O/c9-6(5-15)3-1-2-4-11-8-12-7(10)13-14-8/h6H,1-4,9H2,(H4,10,11,12,13,14)/t6-/m1/s1. The van der Waals surface area contributed by atoms with Gasteiger partial charge in [-0.1, -0.05) is 0 Å². The van der Waals surface area contributed by atoms with Crippen molar-refractivity contribution < 1.29 is 4.79 Å². The first kappa shape index (κ1) is 11.4. The topological polar surface area (TPSA) is 123 Å². The fourth-order valence-corrected chi connectivity index (χ4v) is 1.11. The van der Waals surface area contributed by atoms with Crippen molar-refractivity contribution in [2.45, 2.75) is 25.3 Å². The third kappa shape index (κ3) is 4.41. The van der Waals surface area contributed by atoms with Gasteiger partial charge in [0.05, 0.1) is 6.04 Å². The monoisotopic (exact) mass is 211 g/mol. The van der Waals surface area contributed by atoms with E-state index in [1.165, 1.54) is 0 Å². The Hall–Kier alpha value is -1.63. The van der Waals surface area contributed by atoms with Gasteiger partial charge in [-0.2, -0.15) is 4.98 Å². The van der Waals surface area contributed by atoms with Gasteiger partial charge < -0.3 is 16.8 Å². The molecule has 0 saturated carbocycles. The summed E-state index contributed by atoms with van der Waals surface area (Å²) in [6.07, 6.45) is 4.16. The Labute approximate surface area is 87.6 Å². The Balaban J connectivity index is 2.04. The maximum absolute atomic E-state index is 10.1. The predicted octanol–water partition coefficient (Wildman–Crippen LogP) is -0.594. The number of carbonyl (C=O) groups excluding carboxylic acids is 1. The zero-order valence-electron chi connectivity index (χ0n) is 8.36. The van der Waals surface area contributed by atoms with Gasteiger partial charge >= 0.3 is 0 Å². The van der Waals surface area contributed by atoms with Crippen LogP contribution in [0.15, 0.2) is 0 Å². The minimum atomic E-state index is -0.467. The van der Waals surface area contributed by atoms with Crippen molar-refractivity contribution >= 4 is 18.2 Å². The number of anilines is 2. The molecule has 1 rings (SSSR count). The van der Waals surface area contributed by atoms with Crippen LogP contribution in [0.4, 0.5) is 11.9 Å². The van der Waals surface area contributed by atoms with Crippen molar-refractivity contribution in [1.82, 2.24) is 15.2 Å². The molecule has 0 aliphatic rings. The summed E-state index contributed by atoms with van der Waals surface area (Å²) < 4.78 is 0. The van der Waals surface area contributed by atoms with Crippen LogP contribution >= 0.6 is 0 Å². The molecule has 7 heteroatoms. The highest BCUT2D eigenvalue weighted by molar-refractivity contribution is 5.57. The molecule has 6 N–H and O–H groups in total. The smallest absolute Gasteiger partial charge is 0.241 e. The molecular formula is C8H15N6O. The molecule has 1 heterocycles. The number of hydrogen-bond acceptors (Lipinski definition) is 6. The largest absolute Gasteiger partial charge is 0.366 e. The summed E-state index contributed by atoms with van der Waals surface area (Å²) in [6, 6.07) is -0.467. The highest BCUT2D eigenvalue weighted by Gasteiger charge is 2.01. The fourth-order valence-electron chi connectivity index (χ4n) is 1.11. The molecule has 1 atom stereocenters. The first-order valence-corrected chi connectivity index (χ1v) is 4.77. The second kappa shape index (κ2) is 5.97. The van der Waals surface area contributed by atoms with Crippen molar-refractivity contribution in [3.05, 3.63) is 0 Å². The van der Waals surface area contributed by atoms with E-state index in [2.05, 4.69) is 20.5 Å². The molecule has 1 aromatic heterocycles. The molecule has 0 spiro atoms. The van der Waals surface area contributed by atoms with Gasteiger partial charge in [-0.15, -0.1) is 5.10 Å². The molecule has 0 aliphatic carbocycles.